The molecule has 1 N–H and O–H groups in total. The number of carbonyl (C=O) groups excluding carboxylic acids is 1. The molecule has 1 atom stereocenters. The monoisotopic (exact) mass is 311 g/mol. The second-order valence-corrected chi connectivity index (χ2v) is 5.86. The van der Waals surface area contributed by atoms with Crippen molar-refractivity contribution in [3.05, 3.63) is 52.6 Å². The summed E-state index contributed by atoms with van der Waals surface area (Å²) in [6, 6.07) is 7.24. The van der Waals surface area contributed by atoms with E-state index in [0.29, 0.717) is 29.8 Å². The summed E-state index contributed by atoms with van der Waals surface area (Å²) in [6.07, 6.45) is 6.86. The lowest BCUT2D eigenvalue weighted by atomic mass is 9.93. The summed E-state index contributed by atoms with van der Waals surface area (Å²) in [5.74, 6) is 0.732. The first-order valence-electron chi connectivity index (χ1n) is 8.10. The van der Waals surface area contributed by atoms with E-state index >= 15 is 0 Å². The second-order valence-electron chi connectivity index (χ2n) is 5.86. The lowest BCUT2D eigenvalue weighted by Crippen LogP contribution is -2.36. The Balaban J connectivity index is 1.82. The highest BCUT2D eigenvalue weighted by atomic mass is 16.2. The van der Waals surface area contributed by atoms with Crippen LogP contribution in [0.5, 0.6) is 0 Å². The molecular weight excluding hydrogens is 290 g/mol. The van der Waals surface area contributed by atoms with E-state index in [-0.39, 0.29) is 17.4 Å². The molecule has 0 aliphatic heterocycles. The highest BCUT2D eigenvalue weighted by Crippen LogP contribution is 2.21. The topological polar surface area (TPSA) is 66.1 Å². The van der Waals surface area contributed by atoms with Gasteiger partial charge in [0.1, 0.15) is 5.82 Å². The van der Waals surface area contributed by atoms with E-state index in [1.54, 1.807) is 11.0 Å². The number of hydrogen-bond acceptors (Lipinski definition) is 3. The molecule has 1 heterocycles. The molecule has 0 saturated heterocycles. The summed E-state index contributed by atoms with van der Waals surface area (Å²) < 4.78 is 0. The minimum absolute atomic E-state index is 0.0483. The van der Waals surface area contributed by atoms with Gasteiger partial charge in [-0.3, -0.25) is 9.59 Å². The van der Waals surface area contributed by atoms with Gasteiger partial charge in [0.25, 0.3) is 5.56 Å². The Bertz CT molecular complexity index is 794. The number of rotatable bonds is 4. The number of hydrogen-bond donors (Lipinski definition) is 1. The molecule has 3 rings (SSSR count). The fourth-order valence-electron chi connectivity index (χ4n) is 3.01. The third-order valence-corrected chi connectivity index (χ3v) is 4.31. The standard InChI is InChI=1S/C18H21N3O2/c1-2-21(18(23)13-8-4-3-5-9-13)12-16-19-15-11-7-6-10-14(15)17(22)20-16/h3-4,6-7,10-11,13H,2,5,8-9,12H2,1H3,(H,19,20,22). The Hall–Kier alpha value is -2.43. The minimum Gasteiger partial charge on any atom is -0.335 e. The molecule has 1 aliphatic rings. The lowest BCUT2D eigenvalue weighted by Gasteiger charge is -2.26. The molecule has 1 aromatic carbocycles. The number of fused-ring (bicyclic) bond motifs is 1. The average Bonchev–Trinajstić information content (AvgIpc) is 2.60. The van der Waals surface area contributed by atoms with Crippen molar-refractivity contribution in [3.63, 3.8) is 0 Å². The van der Waals surface area contributed by atoms with Gasteiger partial charge in [-0.05, 0) is 38.3 Å². The Morgan fingerprint density at radius 2 is 2.17 bits per heavy atom. The van der Waals surface area contributed by atoms with E-state index in [4.69, 9.17) is 0 Å². The van der Waals surface area contributed by atoms with Crippen molar-refractivity contribution in [2.75, 3.05) is 6.54 Å². The van der Waals surface area contributed by atoms with E-state index in [0.717, 1.165) is 19.3 Å². The van der Waals surface area contributed by atoms with Gasteiger partial charge in [-0.1, -0.05) is 24.3 Å². The van der Waals surface area contributed by atoms with Crippen LogP contribution < -0.4 is 5.56 Å². The number of allylic oxidation sites excluding steroid dienone is 2. The summed E-state index contributed by atoms with van der Waals surface area (Å²) in [5.41, 5.74) is 0.505. The molecule has 5 heteroatoms. The second kappa shape index (κ2) is 6.77. The SMILES string of the molecule is CCN(Cc1nc2ccccc2c(=O)[nH]1)C(=O)C1CC=CCC1. The Labute approximate surface area is 135 Å². The molecule has 0 fully saturated rings. The van der Waals surface area contributed by atoms with Crippen LogP contribution in [0.2, 0.25) is 0 Å². The number of nitrogens with zero attached hydrogens (tertiary/aromatic N) is 2. The third-order valence-electron chi connectivity index (χ3n) is 4.31. The maximum atomic E-state index is 12.7. The molecule has 2 aromatic rings. The molecule has 0 spiro atoms. The van der Waals surface area contributed by atoms with Crippen LogP contribution in [0, 0.1) is 5.92 Å². The average molecular weight is 311 g/mol. The van der Waals surface area contributed by atoms with Crippen molar-refractivity contribution in [3.8, 4) is 0 Å². The number of para-hydroxylation sites is 1. The fourth-order valence-corrected chi connectivity index (χ4v) is 3.01. The first-order valence-corrected chi connectivity index (χ1v) is 8.10. The van der Waals surface area contributed by atoms with Crippen molar-refractivity contribution in [1.82, 2.24) is 14.9 Å². The van der Waals surface area contributed by atoms with Gasteiger partial charge in [0, 0.05) is 12.5 Å². The lowest BCUT2D eigenvalue weighted by molar-refractivity contribution is -0.136. The fraction of sp³-hybridized carbons (Fsp3) is 0.389. The summed E-state index contributed by atoms with van der Waals surface area (Å²) in [6.45, 7) is 2.90. The summed E-state index contributed by atoms with van der Waals surface area (Å²) in [4.78, 5) is 33.8. The molecule has 1 aromatic heterocycles. The van der Waals surface area contributed by atoms with Gasteiger partial charge in [0.05, 0.1) is 17.4 Å². The molecule has 120 valence electrons. The smallest absolute Gasteiger partial charge is 0.258 e. The van der Waals surface area contributed by atoms with E-state index in [1.165, 1.54) is 0 Å². The Morgan fingerprint density at radius 3 is 2.91 bits per heavy atom. The van der Waals surface area contributed by atoms with E-state index < -0.39 is 0 Å². The number of aromatic amines is 1. The molecule has 1 amide bonds. The molecular formula is C18H21N3O2. The zero-order valence-electron chi connectivity index (χ0n) is 13.3. The van der Waals surface area contributed by atoms with Gasteiger partial charge >= 0.3 is 0 Å². The van der Waals surface area contributed by atoms with Crippen LogP contribution in [0.15, 0.2) is 41.2 Å². The molecule has 0 saturated carbocycles. The maximum Gasteiger partial charge on any atom is 0.258 e. The van der Waals surface area contributed by atoms with Crippen molar-refractivity contribution >= 4 is 16.8 Å². The van der Waals surface area contributed by atoms with Gasteiger partial charge in [-0.25, -0.2) is 4.98 Å². The van der Waals surface area contributed by atoms with Gasteiger partial charge in [-0.15, -0.1) is 0 Å². The van der Waals surface area contributed by atoms with Crippen LogP contribution >= 0.6 is 0 Å². The minimum atomic E-state index is -0.158. The van der Waals surface area contributed by atoms with Gasteiger partial charge in [0.2, 0.25) is 5.91 Å². The summed E-state index contributed by atoms with van der Waals surface area (Å²) in [7, 11) is 0. The van der Waals surface area contributed by atoms with Crippen molar-refractivity contribution in [1.29, 1.82) is 0 Å². The Kier molecular flexibility index (Phi) is 4.55. The predicted octanol–water partition coefficient (Wildman–Crippen LogP) is 2.63. The first kappa shape index (κ1) is 15.5. The molecule has 0 bridgehead atoms. The number of benzene rings is 1. The number of nitrogens with one attached hydrogen (secondary N) is 1. The van der Waals surface area contributed by atoms with Crippen molar-refractivity contribution in [2.24, 2.45) is 5.92 Å². The van der Waals surface area contributed by atoms with Crippen LogP contribution in [-0.4, -0.2) is 27.3 Å². The summed E-state index contributed by atoms with van der Waals surface area (Å²) >= 11 is 0. The predicted molar refractivity (Wildman–Crippen MR) is 89.9 cm³/mol. The number of amides is 1. The highest BCUT2D eigenvalue weighted by molar-refractivity contribution is 5.79. The van der Waals surface area contributed by atoms with Crippen molar-refractivity contribution in [2.45, 2.75) is 32.7 Å². The van der Waals surface area contributed by atoms with Crippen LogP contribution in [-0.2, 0) is 11.3 Å². The maximum absolute atomic E-state index is 12.7. The summed E-state index contributed by atoms with van der Waals surface area (Å²) in [5, 5.41) is 0.572. The van der Waals surface area contributed by atoms with Crippen LogP contribution in [0.3, 0.4) is 0 Å². The zero-order chi connectivity index (χ0) is 16.2. The normalized spacial score (nSPS) is 17.3. The molecule has 1 aliphatic carbocycles. The van der Waals surface area contributed by atoms with Crippen LogP contribution in [0.1, 0.15) is 32.0 Å². The molecule has 5 nitrogen and oxygen atoms in total. The number of H-pyrrole nitrogens is 1. The van der Waals surface area contributed by atoms with Gasteiger partial charge in [-0.2, -0.15) is 0 Å². The molecule has 1 unspecified atom stereocenters. The molecule has 23 heavy (non-hydrogen) atoms. The largest absolute Gasteiger partial charge is 0.335 e. The van der Waals surface area contributed by atoms with E-state index in [9.17, 15) is 9.59 Å². The number of aromatic nitrogens is 2. The van der Waals surface area contributed by atoms with Gasteiger partial charge in [0.15, 0.2) is 0 Å². The quantitative estimate of drug-likeness (QED) is 0.883. The Morgan fingerprint density at radius 1 is 1.35 bits per heavy atom. The van der Waals surface area contributed by atoms with Crippen LogP contribution in [0.25, 0.3) is 10.9 Å². The van der Waals surface area contributed by atoms with Crippen LogP contribution in [0.4, 0.5) is 0 Å². The van der Waals surface area contributed by atoms with Crippen molar-refractivity contribution < 1.29 is 4.79 Å². The van der Waals surface area contributed by atoms with E-state index in [2.05, 4.69) is 22.1 Å². The van der Waals surface area contributed by atoms with Gasteiger partial charge < -0.3 is 9.88 Å². The zero-order valence-corrected chi connectivity index (χ0v) is 13.3. The number of carbonyl (C=O) groups is 1. The highest BCUT2D eigenvalue weighted by Gasteiger charge is 2.24. The third kappa shape index (κ3) is 3.33. The molecule has 0 radical (unpaired) electrons. The van der Waals surface area contributed by atoms with E-state index in [1.807, 2.05) is 25.1 Å². The first-order chi connectivity index (χ1) is 11.2.